The summed E-state index contributed by atoms with van der Waals surface area (Å²) in [6.45, 7) is 2.09. The number of carbonyl (C=O) groups is 1. The number of fused-ring (bicyclic) bond motifs is 1. The van der Waals surface area contributed by atoms with Crippen LogP contribution in [0, 0.1) is 5.82 Å². The van der Waals surface area contributed by atoms with Crippen molar-refractivity contribution in [2.75, 3.05) is 25.0 Å². The number of nitrogens with zero attached hydrogens (tertiary/aromatic N) is 4. The third-order valence-corrected chi connectivity index (χ3v) is 5.09. The highest BCUT2D eigenvalue weighted by molar-refractivity contribution is 5.95. The standard InChI is InChI=1S/C20H22FN5O4/c21-17-7-13(15-9-23-26(11-15)20(28,29)30)6-14-8-18(22-10-16(14)17)24-19(27)12-25-4-2-1-3-5-25/h6-11,28-30H,1-5,12H2,(H,22,24,27). The van der Waals surface area contributed by atoms with E-state index >= 15 is 0 Å². The van der Waals surface area contributed by atoms with Crippen LogP contribution in [-0.4, -0.2) is 60.5 Å². The number of rotatable bonds is 5. The number of carbonyl (C=O) groups excluding carboxylic acids is 1. The first-order valence-electron chi connectivity index (χ1n) is 9.64. The lowest BCUT2D eigenvalue weighted by molar-refractivity contribution is -0.380. The topological polar surface area (TPSA) is 124 Å². The first kappa shape index (κ1) is 20.4. The number of anilines is 1. The molecule has 1 amide bonds. The molecule has 1 aliphatic heterocycles. The Morgan fingerprint density at radius 1 is 1.10 bits per heavy atom. The summed E-state index contributed by atoms with van der Waals surface area (Å²) in [5.41, 5.74) is 0.775. The van der Waals surface area contributed by atoms with Crippen molar-refractivity contribution in [2.24, 2.45) is 0 Å². The maximum Gasteiger partial charge on any atom is 0.389 e. The van der Waals surface area contributed by atoms with Crippen LogP contribution in [0.15, 0.2) is 36.8 Å². The third-order valence-electron chi connectivity index (χ3n) is 5.09. The molecule has 0 saturated carbocycles. The van der Waals surface area contributed by atoms with Crippen LogP contribution in [0.2, 0.25) is 0 Å². The van der Waals surface area contributed by atoms with E-state index in [1.54, 1.807) is 12.1 Å². The Labute approximate surface area is 171 Å². The Balaban J connectivity index is 1.57. The van der Waals surface area contributed by atoms with Crippen molar-refractivity contribution in [1.82, 2.24) is 19.7 Å². The van der Waals surface area contributed by atoms with Gasteiger partial charge in [0.25, 0.3) is 0 Å². The number of benzene rings is 1. The van der Waals surface area contributed by atoms with E-state index in [0.717, 1.165) is 25.9 Å². The lowest BCUT2D eigenvalue weighted by Crippen LogP contribution is -2.36. The quantitative estimate of drug-likeness (QED) is 0.462. The molecule has 1 aromatic carbocycles. The molecular formula is C20H22FN5O4. The zero-order valence-corrected chi connectivity index (χ0v) is 16.1. The van der Waals surface area contributed by atoms with Crippen LogP contribution in [0.3, 0.4) is 0 Å². The van der Waals surface area contributed by atoms with Gasteiger partial charge in [-0.1, -0.05) is 6.42 Å². The van der Waals surface area contributed by atoms with Gasteiger partial charge in [0.2, 0.25) is 5.91 Å². The molecule has 0 atom stereocenters. The molecule has 3 aromatic rings. The molecule has 9 nitrogen and oxygen atoms in total. The third kappa shape index (κ3) is 4.46. The average Bonchev–Trinajstić information content (AvgIpc) is 3.19. The van der Waals surface area contributed by atoms with Crippen molar-refractivity contribution < 1.29 is 24.5 Å². The lowest BCUT2D eigenvalue weighted by atomic mass is 10.0. The number of amides is 1. The summed E-state index contributed by atoms with van der Waals surface area (Å²) >= 11 is 0. The fraction of sp³-hybridized carbons (Fsp3) is 0.350. The average molecular weight is 415 g/mol. The van der Waals surface area contributed by atoms with E-state index < -0.39 is 11.9 Å². The molecule has 10 heteroatoms. The smallest absolute Gasteiger partial charge is 0.324 e. The van der Waals surface area contributed by atoms with Crippen molar-refractivity contribution in [3.63, 3.8) is 0 Å². The van der Waals surface area contributed by atoms with Crippen molar-refractivity contribution in [3.05, 3.63) is 42.6 Å². The first-order chi connectivity index (χ1) is 14.3. The zero-order chi connectivity index (χ0) is 21.3. The van der Waals surface area contributed by atoms with E-state index in [9.17, 15) is 24.5 Å². The van der Waals surface area contributed by atoms with Gasteiger partial charge in [0, 0.05) is 23.3 Å². The van der Waals surface area contributed by atoms with E-state index in [2.05, 4.69) is 20.3 Å². The number of aromatic nitrogens is 3. The Morgan fingerprint density at radius 3 is 2.57 bits per heavy atom. The Kier molecular flexibility index (Phi) is 5.48. The van der Waals surface area contributed by atoms with E-state index in [0.29, 0.717) is 33.6 Å². The van der Waals surface area contributed by atoms with Crippen LogP contribution in [0.25, 0.3) is 21.9 Å². The molecule has 4 rings (SSSR count). The number of hydrogen-bond donors (Lipinski definition) is 4. The number of likely N-dealkylation sites (tertiary alicyclic amines) is 1. The van der Waals surface area contributed by atoms with Crippen molar-refractivity contribution >= 4 is 22.5 Å². The van der Waals surface area contributed by atoms with Crippen LogP contribution < -0.4 is 5.32 Å². The second-order valence-electron chi connectivity index (χ2n) is 7.41. The molecule has 4 N–H and O–H groups in total. The molecule has 1 fully saturated rings. The maximum atomic E-state index is 14.6. The van der Waals surface area contributed by atoms with Gasteiger partial charge in [-0.05, 0) is 55.1 Å². The van der Waals surface area contributed by atoms with E-state index in [4.69, 9.17) is 0 Å². The van der Waals surface area contributed by atoms with Crippen molar-refractivity contribution in [3.8, 4) is 11.1 Å². The summed E-state index contributed by atoms with van der Waals surface area (Å²) in [4.78, 5) is 18.5. The summed E-state index contributed by atoms with van der Waals surface area (Å²) in [5.74, 6) is -0.388. The van der Waals surface area contributed by atoms with Crippen LogP contribution in [0.5, 0.6) is 0 Å². The van der Waals surface area contributed by atoms with Gasteiger partial charge in [-0.15, -0.1) is 0 Å². The second kappa shape index (κ2) is 8.07. The van der Waals surface area contributed by atoms with Gasteiger partial charge in [-0.2, -0.15) is 9.78 Å². The second-order valence-corrected chi connectivity index (χ2v) is 7.41. The number of nitrogens with one attached hydrogen (secondary N) is 1. The molecule has 30 heavy (non-hydrogen) atoms. The van der Waals surface area contributed by atoms with Crippen LogP contribution in [0.1, 0.15) is 19.3 Å². The Bertz CT molecular complexity index is 1070. The Morgan fingerprint density at radius 2 is 1.87 bits per heavy atom. The molecule has 2 aromatic heterocycles. The first-order valence-corrected chi connectivity index (χ1v) is 9.64. The minimum absolute atomic E-state index is 0.174. The predicted molar refractivity (Wildman–Crippen MR) is 106 cm³/mol. The molecule has 158 valence electrons. The molecule has 0 radical (unpaired) electrons. The fourth-order valence-corrected chi connectivity index (χ4v) is 3.59. The maximum absolute atomic E-state index is 14.6. The molecule has 3 heterocycles. The van der Waals surface area contributed by atoms with Crippen LogP contribution in [-0.2, 0) is 10.9 Å². The highest BCUT2D eigenvalue weighted by Gasteiger charge is 2.23. The van der Waals surface area contributed by atoms with Gasteiger partial charge in [0.15, 0.2) is 0 Å². The van der Waals surface area contributed by atoms with Gasteiger partial charge in [-0.3, -0.25) is 9.69 Å². The number of piperidine rings is 1. The van der Waals surface area contributed by atoms with Gasteiger partial charge < -0.3 is 20.6 Å². The molecule has 0 spiro atoms. The highest BCUT2D eigenvalue weighted by atomic mass is 19.1. The SMILES string of the molecule is O=C(CN1CCCCC1)Nc1cc2cc(-c3cnn(C(O)(O)O)c3)cc(F)c2cn1. The zero-order valence-electron chi connectivity index (χ0n) is 16.1. The minimum atomic E-state index is -3.15. The number of pyridine rings is 1. The number of aliphatic hydroxyl groups is 3. The number of hydrogen-bond acceptors (Lipinski definition) is 7. The predicted octanol–water partition coefficient (Wildman–Crippen LogP) is 1.21. The molecule has 1 aliphatic rings. The summed E-state index contributed by atoms with van der Waals surface area (Å²) < 4.78 is 15.1. The molecule has 1 saturated heterocycles. The van der Waals surface area contributed by atoms with Crippen LogP contribution >= 0.6 is 0 Å². The summed E-state index contributed by atoms with van der Waals surface area (Å²) in [6.07, 6.45) is 4.00. The summed E-state index contributed by atoms with van der Waals surface area (Å²) in [6, 6.07) is 4.50. The van der Waals surface area contributed by atoms with E-state index in [1.807, 2.05) is 0 Å². The molecule has 0 unspecified atom stereocenters. The van der Waals surface area contributed by atoms with Crippen LogP contribution in [0.4, 0.5) is 10.2 Å². The van der Waals surface area contributed by atoms with E-state index in [1.165, 1.54) is 31.1 Å². The van der Waals surface area contributed by atoms with Crippen molar-refractivity contribution in [2.45, 2.75) is 25.4 Å². The lowest BCUT2D eigenvalue weighted by Gasteiger charge is -2.25. The van der Waals surface area contributed by atoms with Crippen molar-refractivity contribution in [1.29, 1.82) is 0 Å². The molecule has 0 bridgehead atoms. The normalized spacial score (nSPS) is 15.5. The van der Waals surface area contributed by atoms with Gasteiger partial charge in [0.1, 0.15) is 11.6 Å². The van der Waals surface area contributed by atoms with Gasteiger partial charge in [-0.25, -0.2) is 9.37 Å². The molecular weight excluding hydrogens is 393 g/mol. The monoisotopic (exact) mass is 415 g/mol. The Hall–Kier alpha value is -2.92. The van der Waals surface area contributed by atoms with E-state index in [-0.39, 0.29) is 11.3 Å². The summed E-state index contributed by atoms with van der Waals surface area (Å²) in [5, 5.41) is 34.8. The molecule has 0 aliphatic carbocycles. The number of halogens is 1. The minimum Gasteiger partial charge on any atom is -0.324 e. The highest BCUT2D eigenvalue weighted by Crippen LogP contribution is 2.28. The largest absolute Gasteiger partial charge is 0.389 e. The van der Waals surface area contributed by atoms with Gasteiger partial charge in [0.05, 0.1) is 12.7 Å². The fourth-order valence-electron chi connectivity index (χ4n) is 3.59. The van der Waals surface area contributed by atoms with Gasteiger partial charge >= 0.3 is 6.10 Å². The summed E-state index contributed by atoms with van der Waals surface area (Å²) in [7, 11) is 0.